The third-order valence-corrected chi connectivity index (χ3v) is 8.21. The molecule has 0 fully saturated rings. The first-order valence-electron chi connectivity index (χ1n) is 13.7. The number of carbonyl (C=O) groups is 2. The Labute approximate surface area is 249 Å². The molecule has 1 N–H and O–H groups in total. The highest BCUT2D eigenvalue weighted by Crippen LogP contribution is 2.28. The van der Waals surface area contributed by atoms with Crippen LogP contribution < -0.4 is 9.62 Å². The van der Waals surface area contributed by atoms with Crippen molar-refractivity contribution in [2.75, 3.05) is 17.1 Å². The van der Waals surface area contributed by atoms with Gasteiger partial charge < -0.3 is 10.2 Å². The van der Waals surface area contributed by atoms with Crippen LogP contribution >= 0.6 is 11.6 Å². The smallest absolute Gasteiger partial charge is 0.243 e. The monoisotopic (exact) mass is 597 g/mol. The minimum Gasteiger partial charge on any atom is -0.350 e. The van der Waals surface area contributed by atoms with Crippen molar-refractivity contribution in [1.82, 2.24) is 10.2 Å². The van der Waals surface area contributed by atoms with Crippen LogP contribution in [0.1, 0.15) is 50.3 Å². The van der Waals surface area contributed by atoms with Gasteiger partial charge in [0.05, 0.1) is 11.9 Å². The van der Waals surface area contributed by atoms with Gasteiger partial charge in [-0.25, -0.2) is 8.42 Å². The zero-order valence-electron chi connectivity index (χ0n) is 24.4. The summed E-state index contributed by atoms with van der Waals surface area (Å²) in [6.45, 7) is 7.84. The fourth-order valence-corrected chi connectivity index (χ4v) is 5.82. The Balaban J connectivity index is 1.90. The van der Waals surface area contributed by atoms with E-state index in [1.165, 1.54) is 4.31 Å². The van der Waals surface area contributed by atoms with E-state index < -0.39 is 21.6 Å². The molecular formula is C32H40ClN3O4S. The molecule has 0 bridgehead atoms. The van der Waals surface area contributed by atoms with Gasteiger partial charge in [0.15, 0.2) is 0 Å². The molecule has 7 nitrogen and oxygen atoms in total. The van der Waals surface area contributed by atoms with E-state index in [1.807, 2.05) is 81.4 Å². The summed E-state index contributed by atoms with van der Waals surface area (Å²) in [5, 5.41) is 3.52. The van der Waals surface area contributed by atoms with Gasteiger partial charge in [0.2, 0.25) is 21.8 Å². The summed E-state index contributed by atoms with van der Waals surface area (Å²) in [4.78, 5) is 29.2. The Bertz CT molecular complexity index is 1420. The van der Waals surface area contributed by atoms with Gasteiger partial charge in [-0.15, -0.1) is 0 Å². The van der Waals surface area contributed by atoms with Crippen LogP contribution in [0.4, 0.5) is 5.69 Å². The van der Waals surface area contributed by atoms with Gasteiger partial charge in [-0.2, -0.15) is 0 Å². The predicted octanol–water partition coefficient (Wildman–Crippen LogP) is 5.75. The van der Waals surface area contributed by atoms with Gasteiger partial charge in [-0.3, -0.25) is 13.9 Å². The molecule has 1 atom stereocenters. The molecule has 0 aliphatic rings. The quantitative estimate of drug-likeness (QED) is 0.288. The van der Waals surface area contributed by atoms with Gasteiger partial charge in [-0.05, 0) is 62.9 Å². The minimum atomic E-state index is -3.63. The fourth-order valence-electron chi connectivity index (χ4n) is 4.64. The molecule has 0 unspecified atom stereocenters. The van der Waals surface area contributed by atoms with Gasteiger partial charge in [0, 0.05) is 36.5 Å². The Morgan fingerprint density at radius 3 is 2.05 bits per heavy atom. The lowest BCUT2D eigenvalue weighted by Gasteiger charge is -2.34. The number of anilines is 1. The van der Waals surface area contributed by atoms with Crippen molar-refractivity contribution in [3.63, 3.8) is 0 Å². The minimum absolute atomic E-state index is 0.0621. The van der Waals surface area contributed by atoms with E-state index in [-0.39, 0.29) is 37.7 Å². The number of nitrogens with one attached hydrogen (secondary N) is 1. The van der Waals surface area contributed by atoms with E-state index in [2.05, 4.69) is 5.32 Å². The van der Waals surface area contributed by atoms with Crippen LogP contribution in [0.2, 0.25) is 5.02 Å². The largest absolute Gasteiger partial charge is 0.350 e. The third kappa shape index (κ3) is 9.61. The lowest BCUT2D eigenvalue weighted by molar-refractivity contribution is -0.142. The molecule has 3 rings (SSSR count). The van der Waals surface area contributed by atoms with Crippen molar-refractivity contribution < 1.29 is 18.0 Å². The Kier molecular flexibility index (Phi) is 11.0. The van der Waals surface area contributed by atoms with Crippen LogP contribution in [0.15, 0.2) is 78.9 Å². The van der Waals surface area contributed by atoms with Crippen molar-refractivity contribution in [3.05, 3.63) is 101 Å². The van der Waals surface area contributed by atoms with E-state index in [0.717, 1.165) is 17.4 Å². The highest BCUT2D eigenvalue weighted by molar-refractivity contribution is 7.92. The first kappa shape index (κ1) is 32.2. The number of halogens is 1. The number of benzene rings is 3. The molecule has 0 aliphatic heterocycles. The molecule has 41 heavy (non-hydrogen) atoms. The van der Waals surface area contributed by atoms with Crippen molar-refractivity contribution in [2.24, 2.45) is 0 Å². The molecular weight excluding hydrogens is 558 g/mol. The van der Waals surface area contributed by atoms with Crippen molar-refractivity contribution in [1.29, 1.82) is 0 Å². The standard InChI is InChI=1S/C32H40ClN3O4S/c1-24-27(33)18-12-19-28(24)36(41(5,39)40)21-13-20-30(37)35(23-26-16-10-7-11-17-26)29(31(38)34-32(2,3)4)22-25-14-8-6-9-15-25/h6-12,14-19,29H,13,20-23H2,1-5H3,(H,34,38)/t29-/m1/s1. The molecule has 9 heteroatoms. The van der Waals surface area contributed by atoms with Crippen LogP contribution in [0.5, 0.6) is 0 Å². The second kappa shape index (κ2) is 14.0. The van der Waals surface area contributed by atoms with Crippen LogP contribution in [0.3, 0.4) is 0 Å². The molecule has 3 aromatic carbocycles. The van der Waals surface area contributed by atoms with E-state index in [4.69, 9.17) is 11.6 Å². The zero-order chi connectivity index (χ0) is 30.2. The summed E-state index contributed by atoms with van der Waals surface area (Å²) in [6, 6.07) is 23.5. The van der Waals surface area contributed by atoms with E-state index in [0.29, 0.717) is 22.7 Å². The van der Waals surface area contributed by atoms with Gasteiger partial charge in [0.1, 0.15) is 6.04 Å². The number of amides is 2. The van der Waals surface area contributed by atoms with Gasteiger partial charge >= 0.3 is 0 Å². The van der Waals surface area contributed by atoms with Crippen molar-refractivity contribution in [2.45, 2.75) is 65.1 Å². The first-order valence-corrected chi connectivity index (χ1v) is 15.9. The SMILES string of the molecule is Cc1c(Cl)cccc1N(CCCC(=O)N(Cc1ccccc1)[C@H](Cc1ccccc1)C(=O)NC(C)(C)C)S(C)(=O)=O. The molecule has 0 saturated heterocycles. The predicted molar refractivity (Wildman–Crippen MR) is 166 cm³/mol. The molecule has 0 aromatic heterocycles. The highest BCUT2D eigenvalue weighted by atomic mass is 35.5. The summed E-state index contributed by atoms with van der Waals surface area (Å²) in [5.41, 5.74) is 2.48. The zero-order valence-corrected chi connectivity index (χ0v) is 26.0. The molecule has 220 valence electrons. The Hall–Kier alpha value is -3.36. The Morgan fingerprint density at radius 1 is 0.902 bits per heavy atom. The van der Waals surface area contributed by atoms with E-state index in [1.54, 1.807) is 30.0 Å². The number of carbonyl (C=O) groups excluding carboxylic acids is 2. The van der Waals surface area contributed by atoms with E-state index in [9.17, 15) is 18.0 Å². The molecule has 2 amide bonds. The number of hydrogen-bond acceptors (Lipinski definition) is 4. The molecule has 0 spiro atoms. The summed E-state index contributed by atoms with van der Waals surface area (Å²) >= 11 is 6.27. The molecule has 0 saturated carbocycles. The average Bonchev–Trinajstić information content (AvgIpc) is 2.90. The number of hydrogen-bond donors (Lipinski definition) is 1. The van der Waals surface area contributed by atoms with Crippen LogP contribution in [0.25, 0.3) is 0 Å². The topological polar surface area (TPSA) is 86.8 Å². The highest BCUT2D eigenvalue weighted by Gasteiger charge is 2.32. The maximum absolute atomic E-state index is 13.9. The Morgan fingerprint density at radius 2 is 1.49 bits per heavy atom. The summed E-state index contributed by atoms with van der Waals surface area (Å²) < 4.78 is 26.7. The number of nitrogens with zero attached hydrogens (tertiary/aromatic N) is 2. The summed E-state index contributed by atoms with van der Waals surface area (Å²) in [5.74, 6) is -0.465. The van der Waals surface area contributed by atoms with Crippen LogP contribution in [0, 0.1) is 6.92 Å². The van der Waals surface area contributed by atoms with Crippen molar-refractivity contribution in [3.8, 4) is 0 Å². The normalized spacial score (nSPS) is 12.4. The maximum Gasteiger partial charge on any atom is 0.243 e. The number of sulfonamides is 1. The van der Waals surface area contributed by atoms with Crippen molar-refractivity contribution >= 4 is 39.1 Å². The molecule has 0 radical (unpaired) electrons. The summed E-state index contributed by atoms with van der Waals surface area (Å²) in [6.07, 6.45) is 1.82. The second-order valence-electron chi connectivity index (χ2n) is 11.3. The lowest BCUT2D eigenvalue weighted by atomic mass is 10.00. The van der Waals surface area contributed by atoms with Gasteiger partial charge in [0.25, 0.3) is 0 Å². The average molecular weight is 598 g/mol. The lowest BCUT2D eigenvalue weighted by Crippen LogP contribution is -2.54. The van der Waals surface area contributed by atoms with E-state index >= 15 is 0 Å². The summed E-state index contributed by atoms with van der Waals surface area (Å²) in [7, 11) is -3.63. The first-order chi connectivity index (χ1) is 19.3. The maximum atomic E-state index is 13.9. The number of rotatable bonds is 12. The molecule has 0 aliphatic carbocycles. The second-order valence-corrected chi connectivity index (χ2v) is 13.6. The molecule has 3 aromatic rings. The fraction of sp³-hybridized carbons (Fsp3) is 0.375. The van der Waals surface area contributed by atoms with Crippen LogP contribution in [-0.4, -0.2) is 49.5 Å². The molecule has 0 heterocycles. The van der Waals surface area contributed by atoms with Gasteiger partial charge in [-0.1, -0.05) is 78.3 Å². The third-order valence-electron chi connectivity index (χ3n) is 6.63. The van der Waals surface area contributed by atoms with Crippen LogP contribution in [-0.2, 0) is 32.6 Å².